The van der Waals surface area contributed by atoms with Gasteiger partial charge in [0.15, 0.2) is 0 Å². The van der Waals surface area contributed by atoms with Crippen LogP contribution in [0.15, 0.2) is 42.7 Å². The van der Waals surface area contributed by atoms with Crippen molar-refractivity contribution in [3.63, 3.8) is 0 Å². The Morgan fingerprint density at radius 1 is 0.882 bits per heavy atom. The molecule has 0 amide bonds. The number of carbonyl (C=O) groups excluding carboxylic acids is 1. The molecule has 34 heavy (non-hydrogen) atoms. The van der Waals surface area contributed by atoms with Crippen LogP contribution in [0.2, 0.25) is 0 Å². The van der Waals surface area contributed by atoms with E-state index in [4.69, 9.17) is 0 Å². The lowest BCUT2D eigenvalue weighted by Gasteiger charge is -2.25. The SMILES string of the molecule is O=C(CCCCC1CCCC(Cc2ncnc3c2C=CCC3)CCC1)CCCc1ccccc1. The molecule has 2 aliphatic carbocycles. The number of aryl methyl sites for hydroxylation is 2. The van der Waals surface area contributed by atoms with Crippen LogP contribution in [-0.4, -0.2) is 15.8 Å². The first-order chi connectivity index (χ1) is 16.8. The smallest absolute Gasteiger partial charge is 0.132 e. The Morgan fingerprint density at radius 3 is 2.47 bits per heavy atom. The highest BCUT2D eigenvalue weighted by atomic mass is 16.1. The molecule has 0 aliphatic heterocycles. The summed E-state index contributed by atoms with van der Waals surface area (Å²) in [5, 5.41) is 0. The molecule has 1 aromatic carbocycles. The van der Waals surface area contributed by atoms with E-state index in [-0.39, 0.29) is 0 Å². The Kier molecular flexibility index (Phi) is 9.90. The number of unbranched alkanes of at least 4 members (excludes halogenated alkanes) is 1. The summed E-state index contributed by atoms with van der Waals surface area (Å²) in [5.41, 5.74) is 5.17. The fraction of sp³-hybridized carbons (Fsp3) is 0.581. The molecule has 1 saturated carbocycles. The van der Waals surface area contributed by atoms with Crippen molar-refractivity contribution in [2.75, 3.05) is 0 Å². The molecule has 0 N–H and O–H groups in total. The largest absolute Gasteiger partial charge is 0.300 e. The van der Waals surface area contributed by atoms with E-state index in [9.17, 15) is 4.79 Å². The molecule has 0 unspecified atom stereocenters. The molecule has 1 heterocycles. The van der Waals surface area contributed by atoms with Gasteiger partial charge in [-0.15, -0.1) is 0 Å². The van der Waals surface area contributed by atoms with E-state index in [0.29, 0.717) is 5.78 Å². The second-order valence-electron chi connectivity index (χ2n) is 10.5. The number of fused-ring (bicyclic) bond motifs is 1. The van der Waals surface area contributed by atoms with E-state index >= 15 is 0 Å². The van der Waals surface area contributed by atoms with Gasteiger partial charge in [-0.1, -0.05) is 93.9 Å². The molecule has 182 valence electrons. The predicted molar refractivity (Wildman–Crippen MR) is 141 cm³/mol. The minimum Gasteiger partial charge on any atom is -0.300 e. The van der Waals surface area contributed by atoms with Crippen LogP contribution < -0.4 is 0 Å². The summed E-state index contributed by atoms with van der Waals surface area (Å²) in [5.74, 6) is 2.09. The Hall–Kier alpha value is -2.29. The normalized spacial score (nSPS) is 20.4. The fourth-order valence-corrected chi connectivity index (χ4v) is 5.91. The zero-order chi connectivity index (χ0) is 23.4. The number of allylic oxidation sites excluding steroid dienone is 1. The zero-order valence-electron chi connectivity index (χ0n) is 20.9. The van der Waals surface area contributed by atoms with Crippen molar-refractivity contribution in [2.45, 2.75) is 103 Å². The Labute approximate surface area is 206 Å². The van der Waals surface area contributed by atoms with Crippen LogP contribution >= 0.6 is 0 Å². The Balaban J connectivity index is 1.09. The number of benzene rings is 1. The average Bonchev–Trinajstić information content (AvgIpc) is 2.85. The number of carbonyl (C=O) groups is 1. The minimum absolute atomic E-state index is 0.457. The van der Waals surface area contributed by atoms with Crippen molar-refractivity contribution in [1.29, 1.82) is 0 Å². The highest BCUT2D eigenvalue weighted by Crippen LogP contribution is 2.32. The van der Waals surface area contributed by atoms with Gasteiger partial charge in [0.1, 0.15) is 12.1 Å². The van der Waals surface area contributed by atoms with Crippen LogP contribution in [0, 0.1) is 11.8 Å². The molecular weight excluding hydrogens is 416 g/mol. The van der Waals surface area contributed by atoms with Crippen LogP contribution in [0.25, 0.3) is 6.08 Å². The van der Waals surface area contributed by atoms with Crippen molar-refractivity contribution >= 4 is 11.9 Å². The summed E-state index contributed by atoms with van der Waals surface area (Å²) in [7, 11) is 0. The fourth-order valence-electron chi connectivity index (χ4n) is 5.91. The number of ketones is 1. The zero-order valence-corrected chi connectivity index (χ0v) is 20.9. The summed E-state index contributed by atoms with van der Waals surface area (Å²) < 4.78 is 0. The van der Waals surface area contributed by atoms with Gasteiger partial charge in [-0.2, -0.15) is 0 Å². The maximum Gasteiger partial charge on any atom is 0.132 e. The third kappa shape index (κ3) is 7.89. The topological polar surface area (TPSA) is 42.9 Å². The van der Waals surface area contributed by atoms with E-state index in [2.05, 4.69) is 46.4 Å². The maximum absolute atomic E-state index is 12.2. The summed E-state index contributed by atoms with van der Waals surface area (Å²) in [6.45, 7) is 0. The molecule has 0 spiro atoms. The molecular formula is C31H42N2O. The molecule has 1 fully saturated rings. The molecule has 1 aromatic heterocycles. The Morgan fingerprint density at radius 2 is 1.65 bits per heavy atom. The van der Waals surface area contributed by atoms with Crippen LogP contribution in [0.3, 0.4) is 0 Å². The molecule has 4 rings (SSSR count). The lowest BCUT2D eigenvalue weighted by molar-refractivity contribution is -0.119. The number of Topliss-reactive ketones (excluding diaryl/α,β-unsaturated/α-hetero) is 1. The van der Waals surface area contributed by atoms with Crippen LogP contribution in [0.1, 0.15) is 106 Å². The second kappa shape index (κ2) is 13.6. The lowest BCUT2D eigenvalue weighted by Crippen LogP contribution is -2.14. The molecule has 3 nitrogen and oxygen atoms in total. The molecule has 0 atom stereocenters. The van der Waals surface area contributed by atoms with Gasteiger partial charge in [0.2, 0.25) is 0 Å². The lowest BCUT2D eigenvalue weighted by atomic mass is 9.81. The summed E-state index contributed by atoms with van der Waals surface area (Å²) in [4.78, 5) is 21.4. The van der Waals surface area contributed by atoms with Gasteiger partial charge < -0.3 is 0 Å². The molecule has 2 aromatic rings. The summed E-state index contributed by atoms with van der Waals surface area (Å²) in [6, 6.07) is 10.5. The monoisotopic (exact) mass is 458 g/mol. The molecule has 2 aliphatic rings. The highest BCUT2D eigenvalue weighted by molar-refractivity contribution is 5.78. The number of nitrogens with zero attached hydrogens (tertiary/aromatic N) is 2. The number of hydrogen-bond donors (Lipinski definition) is 0. The quantitative estimate of drug-likeness (QED) is 0.324. The van der Waals surface area contributed by atoms with Crippen LogP contribution in [0.5, 0.6) is 0 Å². The number of aromatic nitrogens is 2. The third-order valence-corrected chi connectivity index (χ3v) is 7.89. The number of rotatable bonds is 11. The van der Waals surface area contributed by atoms with Crippen molar-refractivity contribution in [1.82, 2.24) is 9.97 Å². The van der Waals surface area contributed by atoms with Gasteiger partial charge in [-0.25, -0.2) is 9.97 Å². The van der Waals surface area contributed by atoms with Gasteiger partial charge in [0, 0.05) is 18.4 Å². The molecule has 0 bridgehead atoms. The van der Waals surface area contributed by atoms with Gasteiger partial charge in [0.05, 0.1) is 11.4 Å². The van der Waals surface area contributed by atoms with E-state index < -0.39 is 0 Å². The molecule has 0 radical (unpaired) electrons. The van der Waals surface area contributed by atoms with Gasteiger partial charge in [-0.3, -0.25) is 4.79 Å². The van der Waals surface area contributed by atoms with E-state index in [1.54, 1.807) is 6.33 Å². The third-order valence-electron chi connectivity index (χ3n) is 7.89. The maximum atomic E-state index is 12.2. The average molecular weight is 459 g/mol. The van der Waals surface area contributed by atoms with Crippen LogP contribution in [0.4, 0.5) is 0 Å². The van der Waals surface area contributed by atoms with Crippen LogP contribution in [-0.2, 0) is 24.1 Å². The van der Waals surface area contributed by atoms with Crippen molar-refractivity contribution in [3.8, 4) is 0 Å². The first-order valence-corrected chi connectivity index (χ1v) is 13.8. The van der Waals surface area contributed by atoms with Gasteiger partial charge in [0.25, 0.3) is 0 Å². The van der Waals surface area contributed by atoms with Gasteiger partial charge in [-0.05, 0) is 55.9 Å². The first kappa shape index (κ1) is 24.8. The second-order valence-corrected chi connectivity index (χ2v) is 10.5. The van der Waals surface area contributed by atoms with E-state index in [0.717, 1.165) is 63.2 Å². The molecule has 0 saturated heterocycles. The summed E-state index contributed by atoms with van der Waals surface area (Å²) >= 11 is 0. The Bertz CT molecular complexity index is 910. The van der Waals surface area contributed by atoms with E-state index in [1.807, 2.05) is 6.07 Å². The van der Waals surface area contributed by atoms with E-state index in [1.165, 1.54) is 73.9 Å². The van der Waals surface area contributed by atoms with Gasteiger partial charge >= 0.3 is 0 Å². The van der Waals surface area contributed by atoms with Crippen molar-refractivity contribution < 1.29 is 4.79 Å². The first-order valence-electron chi connectivity index (χ1n) is 13.8. The van der Waals surface area contributed by atoms with Crippen molar-refractivity contribution in [3.05, 3.63) is 65.2 Å². The highest BCUT2D eigenvalue weighted by Gasteiger charge is 2.20. The standard InChI is InChI=1S/C31H42N2O/c34-28(20-10-16-25-11-2-1-3-12-25)19-5-4-13-26-14-8-17-27(18-9-15-26)23-31-29-21-6-7-22-30(29)32-24-33-31/h1-3,6,11-12,21,24,26-27H,4-5,7-10,13-20,22-23H2. The molecule has 3 heteroatoms. The van der Waals surface area contributed by atoms with Crippen molar-refractivity contribution in [2.24, 2.45) is 11.8 Å². The minimum atomic E-state index is 0.457. The predicted octanol–water partition coefficient (Wildman–Crippen LogP) is 7.72. The summed E-state index contributed by atoms with van der Waals surface area (Å²) in [6.07, 6.45) is 24.8. The number of hydrogen-bond acceptors (Lipinski definition) is 3.